The largest absolute Gasteiger partial charge is 0.480 e. The molecule has 0 bridgehead atoms. The van der Waals surface area contributed by atoms with Crippen molar-refractivity contribution in [2.45, 2.75) is 19.4 Å². The highest BCUT2D eigenvalue weighted by atomic mass is 79.9. The number of carboxylic acid groups (broad SMARTS) is 1. The van der Waals surface area contributed by atoms with Crippen LogP contribution in [-0.2, 0) is 4.79 Å². The van der Waals surface area contributed by atoms with Gasteiger partial charge in [0.25, 0.3) is 0 Å². The molecule has 0 aliphatic carbocycles. The predicted molar refractivity (Wildman–Crippen MR) is 74.2 cm³/mol. The Morgan fingerprint density at radius 1 is 1.37 bits per heavy atom. The number of amides is 2. The number of carbonyl (C=O) groups excluding carboxylic acids is 1. The fraction of sp³-hybridized carbons (Fsp3) is 0.333. The van der Waals surface area contributed by atoms with Crippen molar-refractivity contribution < 1.29 is 19.8 Å². The van der Waals surface area contributed by atoms with Crippen LogP contribution in [-0.4, -0.2) is 34.9 Å². The van der Waals surface area contributed by atoms with Gasteiger partial charge in [-0.25, -0.2) is 9.59 Å². The van der Waals surface area contributed by atoms with Crippen molar-refractivity contribution in [2.24, 2.45) is 0 Å². The molecule has 0 saturated heterocycles. The average Bonchev–Trinajstić information content (AvgIpc) is 2.26. The van der Waals surface area contributed by atoms with Crippen LogP contribution in [0.5, 0.6) is 0 Å². The molecule has 0 heterocycles. The summed E-state index contributed by atoms with van der Waals surface area (Å²) in [6.45, 7) is 1.56. The zero-order chi connectivity index (χ0) is 14.4. The van der Waals surface area contributed by atoms with Gasteiger partial charge in [0.2, 0.25) is 0 Å². The minimum absolute atomic E-state index is 0.0414. The quantitative estimate of drug-likeness (QED) is 0.660. The van der Waals surface area contributed by atoms with E-state index in [1.807, 2.05) is 13.0 Å². The van der Waals surface area contributed by atoms with Crippen LogP contribution in [0.4, 0.5) is 10.5 Å². The predicted octanol–water partition coefficient (Wildman–Crippen LogP) is 1.71. The number of hydrogen-bond donors (Lipinski definition) is 4. The topological polar surface area (TPSA) is 98.7 Å². The smallest absolute Gasteiger partial charge is 0.326 e. The van der Waals surface area contributed by atoms with Crippen molar-refractivity contribution in [1.29, 1.82) is 0 Å². The van der Waals surface area contributed by atoms with E-state index in [2.05, 4.69) is 26.6 Å². The molecule has 0 radical (unpaired) electrons. The van der Waals surface area contributed by atoms with Crippen LogP contribution in [0.2, 0.25) is 0 Å². The lowest BCUT2D eigenvalue weighted by atomic mass is 10.2. The molecular formula is C12H15BrN2O4. The molecule has 1 aromatic carbocycles. The Morgan fingerprint density at radius 3 is 2.58 bits per heavy atom. The van der Waals surface area contributed by atoms with Gasteiger partial charge in [-0.2, -0.15) is 0 Å². The maximum absolute atomic E-state index is 11.6. The first-order valence-electron chi connectivity index (χ1n) is 5.60. The van der Waals surface area contributed by atoms with E-state index in [0.29, 0.717) is 5.69 Å². The Kier molecular flexibility index (Phi) is 5.78. The number of rotatable bonds is 5. The number of halogens is 1. The van der Waals surface area contributed by atoms with E-state index < -0.39 is 18.0 Å². The third-order valence-corrected chi connectivity index (χ3v) is 2.78. The van der Waals surface area contributed by atoms with Crippen molar-refractivity contribution in [3.05, 3.63) is 28.2 Å². The lowest BCUT2D eigenvalue weighted by molar-refractivity contribution is -0.139. The number of carbonyl (C=O) groups is 2. The second-order valence-electron chi connectivity index (χ2n) is 4.02. The average molecular weight is 331 g/mol. The molecule has 2 amide bonds. The fourth-order valence-electron chi connectivity index (χ4n) is 1.52. The Balaban J connectivity index is 2.66. The number of nitrogens with one attached hydrogen (secondary N) is 2. The first-order chi connectivity index (χ1) is 8.92. The number of aliphatic hydroxyl groups is 1. The van der Waals surface area contributed by atoms with E-state index >= 15 is 0 Å². The molecule has 6 nitrogen and oxygen atoms in total. The maximum atomic E-state index is 11.6. The lowest BCUT2D eigenvalue weighted by Crippen LogP contribution is -2.43. The molecule has 0 aromatic heterocycles. The first kappa shape index (κ1) is 15.5. The molecule has 1 aromatic rings. The van der Waals surface area contributed by atoms with Crippen LogP contribution in [0.3, 0.4) is 0 Å². The number of carboxylic acids is 1. The Bertz CT molecular complexity index is 459. The zero-order valence-electron chi connectivity index (χ0n) is 10.3. The van der Waals surface area contributed by atoms with Gasteiger partial charge in [0.15, 0.2) is 0 Å². The van der Waals surface area contributed by atoms with Gasteiger partial charge in [-0.3, -0.25) is 0 Å². The highest BCUT2D eigenvalue weighted by Crippen LogP contribution is 2.18. The van der Waals surface area contributed by atoms with Gasteiger partial charge >= 0.3 is 12.0 Å². The van der Waals surface area contributed by atoms with Gasteiger partial charge in [0, 0.05) is 23.2 Å². The molecule has 1 rings (SSSR count). The van der Waals surface area contributed by atoms with E-state index in [4.69, 9.17) is 10.2 Å². The SMILES string of the molecule is Cc1cc(Br)cc(NC(=O)NC(CCO)C(=O)O)c1. The molecular weight excluding hydrogens is 316 g/mol. The molecule has 1 atom stereocenters. The summed E-state index contributed by atoms with van der Waals surface area (Å²) in [6, 6.07) is 3.60. The van der Waals surface area contributed by atoms with Crippen LogP contribution in [0, 0.1) is 6.92 Å². The van der Waals surface area contributed by atoms with Crippen molar-refractivity contribution in [1.82, 2.24) is 5.32 Å². The summed E-state index contributed by atoms with van der Waals surface area (Å²) < 4.78 is 0.813. The number of aryl methyl sites for hydroxylation is 1. The molecule has 7 heteroatoms. The van der Waals surface area contributed by atoms with Crippen LogP contribution >= 0.6 is 15.9 Å². The highest BCUT2D eigenvalue weighted by molar-refractivity contribution is 9.10. The van der Waals surface area contributed by atoms with Gasteiger partial charge in [-0.1, -0.05) is 15.9 Å². The van der Waals surface area contributed by atoms with Crippen LogP contribution in [0.1, 0.15) is 12.0 Å². The monoisotopic (exact) mass is 330 g/mol. The summed E-state index contributed by atoms with van der Waals surface area (Å²) in [5.41, 5.74) is 1.51. The lowest BCUT2D eigenvalue weighted by Gasteiger charge is -2.14. The molecule has 0 fully saturated rings. The zero-order valence-corrected chi connectivity index (χ0v) is 11.9. The third-order valence-electron chi connectivity index (χ3n) is 2.32. The molecule has 0 aliphatic rings. The summed E-state index contributed by atoms with van der Waals surface area (Å²) in [5, 5.41) is 22.4. The summed E-state index contributed by atoms with van der Waals surface area (Å²) >= 11 is 3.30. The van der Waals surface area contributed by atoms with Gasteiger partial charge in [-0.05, 0) is 30.7 Å². The summed E-state index contributed by atoms with van der Waals surface area (Å²) in [6.07, 6.45) is -0.0414. The Morgan fingerprint density at radius 2 is 2.05 bits per heavy atom. The van der Waals surface area contributed by atoms with Gasteiger partial charge in [-0.15, -0.1) is 0 Å². The summed E-state index contributed by atoms with van der Waals surface area (Å²) in [7, 11) is 0. The number of anilines is 1. The second kappa shape index (κ2) is 7.10. The number of hydrogen-bond acceptors (Lipinski definition) is 3. The van der Waals surface area contributed by atoms with Gasteiger partial charge in [0.05, 0.1) is 0 Å². The minimum Gasteiger partial charge on any atom is -0.480 e. The van der Waals surface area contributed by atoms with Crippen LogP contribution in [0.25, 0.3) is 0 Å². The molecule has 1 unspecified atom stereocenters. The Hall–Kier alpha value is -1.60. The minimum atomic E-state index is -1.19. The van der Waals surface area contributed by atoms with Gasteiger partial charge < -0.3 is 20.8 Å². The second-order valence-corrected chi connectivity index (χ2v) is 4.93. The Labute approximate surface area is 118 Å². The van der Waals surface area contributed by atoms with Crippen molar-refractivity contribution in [2.75, 3.05) is 11.9 Å². The number of aliphatic hydroxyl groups excluding tert-OH is 1. The first-order valence-corrected chi connectivity index (χ1v) is 6.40. The molecule has 104 valence electrons. The number of aliphatic carboxylic acids is 1. The molecule has 0 spiro atoms. The highest BCUT2D eigenvalue weighted by Gasteiger charge is 2.19. The van der Waals surface area contributed by atoms with E-state index in [0.717, 1.165) is 10.0 Å². The van der Waals surface area contributed by atoms with Crippen molar-refractivity contribution in [3.63, 3.8) is 0 Å². The summed E-state index contributed by atoms with van der Waals surface area (Å²) in [4.78, 5) is 22.5. The third kappa shape index (κ3) is 5.27. The number of benzene rings is 1. The van der Waals surface area contributed by atoms with E-state index in [9.17, 15) is 9.59 Å². The van der Waals surface area contributed by atoms with Gasteiger partial charge in [0.1, 0.15) is 6.04 Å². The van der Waals surface area contributed by atoms with Crippen molar-refractivity contribution in [3.8, 4) is 0 Å². The normalized spacial score (nSPS) is 11.7. The van der Waals surface area contributed by atoms with E-state index in [1.54, 1.807) is 12.1 Å². The molecule has 19 heavy (non-hydrogen) atoms. The van der Waals surface area contributed by atoms with Crippen LogP contribution in [0.15, 0.2) is 22.7 Å². The number of urea groups is 1. The standard InChI is InChI=1S/C12H15BrN2O4/c1-7-4-8(13)6-9(5-7)14-12(19)15-10(2-3-16)11(17)18/h4-6,10,16H,2-3H2,1H3,(H,17,18)(H2,14,15,19). The maximum Gasteiger partial charge on any atom is 0.326 e. The molecule has 0 saturated carbocycles. The fourth-order valence-corrected chi connectivity index (χ4v) is 2.13. The van der Waals surface area contributed by atoms with Crippen LogP contribution < -0.4 is 10.6 Å². The molecule has 4 N–H and O–H groups in total. The van der Waals surface area contributed by atoms with E-state index in [-0.39, 0.29) is 13.0 Å². The molecule has 0 aliphatic heterocycles. The summed E-state index contributed by atoms with van der Waals surface area (Å²) in [5.74, 6) is -1.19. The van der Waals surface area contributed by atoms with Crippen molar-refractivity contribution >= 4 is 33.6 Å². The van der Waals surface area contributed by atoms with E-state index in [1.165, 1.54) is 0 Å².